The van der Waals surface area contributed by atoms with E-state index in [1.807, 2.05) is 75.4 Å². The van der Waals surface area contributed by atoms with Crippen molar-refractivity contribution in [2.75, 3.05) is 41.7 Å². The zero-order chi connectivity index (χ0) is 33.8. The zero-order valence-electron chi connectivity index (χ0n) is 28.3. The van der Waals surface area contributed by atoms with Gasteiger partial charge in [-0.15, -0.1) is 0 Å². The van der Waals surface area contributed by atoms with Gasteiger partial charge in [0.1, 0.15) is 11.2 Å². The van der Waals surface area contributed by atoms with Crippen LogP contribution in [0.4, 0.5) is 26.7 Å². The molecule has 9 nitrogen and oxygen atoms in total. The van der Waals surface area contributed by atoms with Gasteiger partial charge in [0.2, 0.25) is 5.91 Å². The minimum absolute atomic E-state index is 0.266. The fraction of sp³-hybridized carbons (Fsp3) is 0.395. The highest BCUT2D eigenvalue weighted by Gasteiger charge is 2.31. The van der Waals surface area contributed by atoms with Crippen molar-refractivity contribution in [3.8, 4) is 11.1 Å². The van der Waals surface area contributed by atoms with Crippen LogP contribution in [-0.2, 0) is 14.3 Å². The van der Waals surface area contributed by atoms with Crippen molar-refractivity contribution in [1.29, 1.82) is 0 Å². The molecule has 2 fully saturated rings. The molecule has 47 heavy (non-hydrogen) atoms. The summed E-state index contributed by atoms with van der Waals surface area (Å²) in [5.41, 5.74) is 5.01. The van der Waals surface area contributed by atoms with Gasteiger partial charge >= 0.3 is 12.2 Å². The second kappa shape index (κ2) is 13.9. The van der Waals surface area contributed by atoms with Crippen LogP contribution in [0.25, 0.3) is 17.2 Å². The van der Waals surface area contributed by atoms with Crippen LogP contribution in [0.3, 0.4) is 0 Å². The van der Waals surface area contributed by atoms with Crippen LogP contribution in [0.2, 0.25) is 0 Å². The molecule has 1 aliphatic heterocycles. The Morgan fingerprint density at radius 1 is 0.745 bits per heavy atom. The van der Waals surface area contributed by atoms with Crippen LogP contribution in [-0.4, -0.2) is 60.4 Å². The van der Waals surface area contributed by atoms with Crippen molar-refractivity contribution in [3.05, 3.63) is 83.9 Å². The van der Waals surface area contributed by atoms with E-state index in [2.05, 4.69) is 27.7 Å². The quantitative estimate of drug-likeness (QED) is 0.253. The van der Waals surface area contributed by atoms with E-state index in [1.165, 1.54) is 17.3 Å². The number of hydrogen-bond donors (Lipinski definition) is 2. The number of carbonyl (C=O) groups excluding carboxylic acids is 3. The number of nitrogens with zero attached hydrogens (tertiary/aromatic N) is 2. The van der Waals surface area contributed by atoms with E-state index >= 15 is 0 Å². The van der Waals surface area contributed by atoms with E-state index in [4.69, 9.17) is 9.47 Å². The summed E-state index contributed by atoms with van der Waals surface area (Å²) in [7, 11) is 0. The first-order valence-corrected chi connectivity index (χ1v) is 16.3. The molecule has 3 aromatic carbocycles. The normalized spacial score (nSPS) is 15.4. The van der Waals surface area contributed by atoms with Gasteiger partial charge in [0.05, 0.1) is 11.4 Å². The Labute approximate surface area is 277 Å². The Balaban J connectivity index is 1.29. The zero-order valence-corrected chi connectivity index (χ0v) is 28.3. The van der Waals surface area contributed by atoms with E-state index in [9.17, 15) is 14.4 Å². The molecule has 2 N–H and O–H groups in total. The third-order valence-electron chi connectivity index (χ3n) is 7.79. The number of anilines is 3. The topological polar surface area (TPSA) is 100 Å². The summed E-state index contributed by atoms with van der Waals surface area (Å²) in [6.45, 7) is 13.7. The smallest absolute Gasteiger partial charge is 0.412 e. The SMILES string of the molecule is CC(C)(C)OC(=O)Nc1ccc(-c2ccccc2)cc1NC(=O)/C=C/c1ccc(N2CCN(C(=O)OC(C)(C)C)CC2)c(C2CC2)c1. The Morgan fingerprint density at radius 2 is 1.43 bits per heavy atom. The average Bonchev–Trinajstić information content (AvgIpc) is 3.85. The molecule has 3 aromatic rings. The first kappa shape index (κ1) is 33.6. The molecule has 0 spiro atoms. The van der Waals surface area contributed by atoms with E-state index in [0.717, 1.165) is 42.6 Å². The molecule has 1 aliphatic carbocycles. The predicted molar refractivity (Wildman–Crippen MR) is 188 cm³/mol. The number of nitrogens with one attached hydrogen (secondary N) is 2. The van der Waals surface area contributed by atoms with Gasteiger partial charge in [0.25, 0.3) is 0 Å². The minimum Gasteiger partial charge on any atom is -0.444 e. The molecule has 3 amide bonds. The lowest BCUT2D eigenvalue weighted by molar-refractivity contribution is -0.111. The van der Waals surface area contributed by atoms with E-state index in [0.29, 0.717) is 30.4 Å². The second-order valence-electron chi connectivity index (χ2n) is 14.1. The molecule has 2 aliphatic rings. The third kappa shape index (κ3) is 9.61. The second-order valence-corrected chi connectivity index (χ2v) is 14.1. The van der Waals surface area contributed by atoms with Crippen molar-refractivity contribution in [1.82, 2.24) is 4.90 Å². The Kier molecular flexibility index (Phi) is 9.94. The van der Waals surface area contributed by atoms with Crippen LogP contribution >= 0.6 is 0 Å². The fourth-order valence-corrected chi connectivity index (χ4v) is 5.47. The first-order chi connectivity index (χ1) is 22.2. The van der Waals surface area contributed by atoms with Crippen LogP contribution in [0.15, 0.2) is 72.8 Å². The summed E-state index contributed by atoms with van der Waals surface area (Å²) in [5.74, 6) is 0.177. The van der Waals surface area contributed by atoms with Gasteiger partial charge in [0.15, 0.2) is 0 Å². The summed E-state index contributed by atoms with van der Waals surface area (Å²) < 4.78 is 11.0. The van der Waals surface area contributed by atoms with E-state index in [-0.39, 0.29) is 12.0 Å². The lowest BCUT2D eigenvalue weighted by atomic mass is 10.0. The van der Waals surface area contributed by atoms with Gasteiger partial charge in [-0.2, -0.15) is 0 Å². The maximum Gasteiger partial charge on any atom is 0.412 e. The largest absolute Gasteiger partial charge is 0.444 e. The lowest BCUT2D eigenvalue weighted by Gasteiger charge is -2.37. The van der Waals surface area contributed by atoms with Crippen molar-refractivity contribution >= 4 is 41.2 Å². The summed E-state index contributed by atoms with van der Waals surface area (Å²) in [6.07, 6.45) is 4.74. The van der Waals surface area contributed by atoms with Crippen molar-refractivity contribution < 1.29 is 23.9 Å². The molecule has 0 unspecified atom stereocenters. The average molecular weight is 639 g/mol. The number of amides is 3. The highest BCUT2D eigenvalue weighted by molar-refractivity contribution is 6.05. The molecule has 0 aromatic heterocycles. The van der Waals surface area contributed by atoms with Gasteiger partial charge < -0.3 is 24.6 Å². The van der Waals surface area contributed by atoms with E-state index in [1.54, 1.807) is 31.7 Å². The number of benzene rings is 3. The molecule has 0 bridgehead atoms. The van der Waals surface area contributed by atoms with Crippen LogP contribution in [0, 0.1) is 0 Å². The van der Waals surface area contributed by atoms with Gasteiger partial charge in [-0.05, 0) is 113 Å². The van der Waals surface area contributed by atoms with Crippen molar-refractivity contribution in [3.63, 3.8) is 0 Å². The molecule has 1 heterocycles. The van der Waals surface area contributed by atoms with Crippen LogP contribution in [0.5, 0.6) is 0 Å². The molecule has 248 valence electrons. The molecular formula is C38H46N4O5. The molecule has 0 radical (unpaired) electrons. The minimum atomic E-state index is -0.663. The molecule has 1 saturated heterocycles. The van der Waals surface area contributed by atoms with Gasteiger partial charge in [-0.1, -0.05) is 42.5 Å². The number of hydrogen-bond acceptors (Lipinski definition) is 6. The lowest BCUT2D eigenvalue weighted by Crippen LogP contribution is -2.50. The Hall–Kier alpha value is -4.79. The van der Waals surface area contributed by atoms with Crippen LogP contribution < -0.4 is 15.5 Å². The summed E-state index contributed by atoms with van der Waals surface area (Å²) in [4.78, 5) is 42.5. The third-order valence-corrected chi connectivity index (χ3v) is 7.79. The van der Waals surface area contributed by atoms with Crippen molar-refractivity contribution in [2.45, 2.75) is 71.5 Å². The molecule has 5 rings (SSSR count). The number of carbonyl (C=O) groups is 3. The highest BCUT2D eigenvalue weighted by atomic mass is 16.6. The maximum absolute atomic E-state index is 13.2. The monoisotopic (exact) mass is 638 g/mol. The molecule has 9 heteroatoms. The maximum atomic E-state index is 13.2. The number of rotatable bonds is 7. The summed E-state index contributed by atoms with van der Waals surface area (Å²) >= 11 is 0. The first-order valence-electron chi connectivity index (χ1n) is 16.3. The molecule has 0 atom stereocenters. The predicted octanol–water partition coefficient (Wildman–Crippen LogP) is 8.29. The van der Waals surface area contributed by atoms with Crippen molar-refractivity contribution in [2.24, 2.45) is 0 Å². The Bertz CT molecular complexity index is 1630. The van der Waals surface area contributed by atoms with E-state index < -0.39 is 17.3 Å². The highest BCUT2D eigenvalue weighted by Crippen LogP contribution is 2.45. The summed E-state index contributed by atoms with van der Waals surface area (Å²) in [5, 5.41) is 5.73. The van der Waals surface area contributed by atoms with Gasteiger partial charge in [0, 0.05) is 37.9 Å². The van der Waals surface area contributed by atoms with Crippen LogP contribution in [0.1, 0.15) is 71.4 Å². The Morgan fingerprint density at radius 3 is 2.06 bits per heavy atom. The fourth-order valence-electron chi connectivity index (χ4n) is 5.47. The summed E-state index contributed by atoms with van der Waals surface area (Å²) in [6, 6.07) is 21.7. The van der Waals surface area contributed by atoms with Gasteiger partial charge in [-0.25, -0.2) is 9.59 Å². The molecular weight excluding hydrogens is 592 g/mol. The standard InChI is InChI=1S/C38H46N4O5/c1-37(2,3)46-35(44)40-31-17-16-29(27-10-8-7-9-11-27)25-32(31)39-34(43)19-13-26-12-18-33(30(24-26)28-14-15-28)41-20-22-42(23-21-41)36(45)47-38(4,5)6/h7-13,16-19,24-25,28H,14-15,20-23H2,1-6H3,(H,39,43)(H,40,44)/b19-13+. The molecule has 1 saturated carbocycles. The number of piperazine rings is 1. The number of ether oxygens (including phenoxy) is 2. The van der Waals surface area contributed by atoms with Gasteiger partial charge in [-0.3, -0.25) is 10.1 Å².